The van der Waals surface area contributed by atoms with Gasteiger partial charge in [-0.25, -0.2) is 9.07 Å². The molecule has 0 saturated heterocycles. The lowest BCUT2D eigenvalue weighted by Crippen LogP contribution is -2.32. The Morgan fingerprint density at radius 2 is 1.68 bits per heavy atom. The van der Waals surface area contributed by atoms with Gasteiger partial charge in [0, 0.05) is 16.2 Å². The molecule has 1 aromatic heterocycles. The molecule has 2 aliphatic rings. The van der Waals surface area contributed by atoms with Crippen molar-refractivity contribution in [2.75, 3.05) is 5.32 Å². The Kier molecular flexibility index (Phi) is 4.07. The molecule has 0 unspecified atom stereocenters. The van der Waals surface area contributed by atoms with Gasteiger partial charge in [0.25, 0.3) is 0 Å². The summed E-state index contributed by atoms with van der Waals surface area (Å²) in [6.45, 7) is 0. The fraction of sp³-hybridized carbons (Fsp3) is 0.0833. The highest BCUT2D eigenvalue weighted by molar-refractivity contribution is 6.30. The molecule has 3 heterocycles. The summed E-state index contributed by atoms with van der Waals surface area (Å²) in [4.78, 5) is 4.40. The van der Waals surface area contributed by atoms with E-state index in [1.807, 2.05) is 53.2 Å². The number of para-hydroxylation sites is 1. The molecule has 2 atom stereocenters. The van der Waals surface area contributed by atoms with E-state index in [1.165, 1.54) is 18.5 Å². The Labute approximate surface area is 182 Å². The van der Waals surface area contributed by atoms with E-state index in [9.17, 15) is 4.39 Å². The molecule has 0 spiro atoms. The van der Waals surface area contributed by atoms with Crippen molar-refractivity contribution in [3.8, 4) is 5.75 Å². The number of hydrogen-bond acceptors (Lipinski definition) is 4. The highest BCUT2D eigenvalue weighted by atomic mass is 35.5. The summed E-state index contributed by atoms with van der Waals surface area (Å²) in [6, 6.07) is 21.7. The van der Waals surface area contributed by atoms with Crippen LogP contribution in [-0.4, -0.2) is 14.8 Å². The summed E-state index contributed by atoms with van der Waals surface area (Å²) >= 11 is 6.14. The van der Waals surface area contributed by atoms with Crippen molar-refractivity contribution in [2.24, 2.45) is 0 Å². The van der Waals surface area contributed by atoms with Crippen LogP contribution < -0.4 is 10.1 Å². The number of nitrogens with one attached hydrogen (secondary N) is 1. The summed E-state index contributed by atoms with van der Waals surface area (Å²) in [6.07, 6.45) is 1.13. The van der Waals surface area contributed by atoms with E-state index in [0.717, 1.165) is 33.7 Å². The van der Waals surface area contributed by atoms with Crippen molar-refractivity contribution in [3.63, 3.8) is 0 Å². The molecule has 6 rings (SSSR count). The molecule has 2 aliphatic heterocycles. The van der Waals surface area contributed by atoms with Crippen LogP contribution in [0.2, 0.25) is 5.02 Å². The third-order valence-electron chi connectivity index (χ3n) is 5.68. The standard InChI is InChI=1S/C24H16ClFN4O/c25-16-9-5-15(6-10-16)23-20-21(18-3-1-2-4-19(18)31-23)29-24-27-13-28-30(24)22(20)14-7-11-17(26)12-8-14/h1-13,22-23H,(H,27,28,29)/t22-,23-/m1/s1. The van der Waals surface area contributed by atoms with Gasteiger partial charge in [0.1, 0.15) is 30.0 Å². The van der Waals surface area contributed by atoms with Gasteiger partial charge in [-0.1, -0.05) is 48.0 Å². The van der Waals surface area contributed by atoms with E-state index in [2.05, 4.69) is 15.4 Å². The number of anilines is 1. The number of fused-ring (bicyclic) bond motifs is 3. The smallest absolute Gasteiger partial charge is 0.226 e. The van der Waals surface area contributed by atoms with Crippen LogP contribution >= 0.6 is 11.6 Å². The second-order valence-corrected chi connectivity index (χ2v) is 7.92. The maximum atomic E-state index is 13.7. The summed E-state index contributed by atoms with van der Waals surface area (Å²) in [5.74, 6) is 1.12. The number of aromatic nitrogens is 3. The zero-order valence-corrected chi connectivity index (χ0v) is 16.9. The molecule has 5 nitrogen and oxygen atoms in total. The minimum Gasteiger partial charge on any atom is -0.480 e. The first kappa shape index (κ1) is 18.2. The lowest BCUT2D eigenvalue weighted by molar-refractivity contribution is 0.223. The average molecular weight is 431 g/mol. The van der Waals surface area contributed by atoms with Crippen molar-refractivity contribution in [3.05, 3.63) is 112 Å². The van der Waals surface area contributed by atoms with E-state index < -0.39 is 0 Å². The molecule has 0 amide bonds. The van der Waals surface area contributed by atoms with Gasteiger partial charge in [-0.3, -0.25) is 0 Å². The van der Waals surface area contributed by atoms with Crippen molar-refractivity contribution in [1.29, 1.82) is 0 Å². The molecule has 3 aromatic carbocycles. The lowest BCUT2D eigenvalue weighted by atomic mass is 9.84. The van der Waals surface area contributed by atoms with Gasteiger partial charge >= 0.3 is 0 Å². The van der Waals surface area contributed by atoms with Crippen molar-refractivity contribution >= 4 is 23.2 Å². The van der Waals surface area contributed by atoms with Crippen LogP contribution in [0.1, 0.15) is 28.8 Å². The minimum absolute atomic E-state index is 0.287. The molecule has 0 bridgehead atoms. The van der Waals surface area contributed by atoms with Gasteiger partial charge in [0.05, 0.1) is 5.70 Å². The number of nitrogens with zero attached hydrogens (tertiary/aromatic N) is 3. The maximum Gasteiger partial charge on any atom is 0.226 e. The molecule has 1 N–H and O–H groups in total. The molecular formula is C24H16ClFN4O. The predicted molar refractivity (Wildman–Crippen MR) is 116 cm³/mol. The third-order valence-corrected chi connectivity index (χ3v) is 5.93. The molecule has 0 radical (unpaired) electrons. The van der Waals surface area contributed by atoms with Gasteiger partial charge in [-0.05, 0) is 47.5 Å². The van der Waals surface area contributed by atoms with Crippen LogP contribution in [0.4, 0.5) is 10.3 Å². The largest absolute Gasteiger partial charge is 0.480 e. The number of ether oxygens (including phenoxy) is 1. The molecule has 7 heteroatoms. The lowest BCUT2D eigenvalue weighted by Gasteiger charge is -2.39. The molecular weight excluding hydrogens is 415 g/mol. The normalized spacial score (nSPS) is 19.0. The predicted octanol–water partition coefficient (Wildman–Crippen LogP) is 5.63. The Bertz CT molecular complexity index is 1310. The topological polar surface area (TPSA) is 52.0 Å². The number of benzene rings is 3. The number of hydrogen-bond donors (Lipinski definition) is 1. The fourth-order valence-corrected chi connectivity index (χ4v) is 4.42. The van der Waals surface area contributed by atoms with Crippen LogP contribution in [0.15, 0.2) is 84.7 Å². The number of rotatable bonds is 2. The highest BCUT2D eigenvalue weighted by Gasteiger charge is 2.40. The SMILES string of the molecule is Fc1ccc([C@@H]2C3=C(Nc4ncnn42)c2ccccc2O[C@@H]3c2ccc(Cl)cc2)cc1. The van der Waals surface area contributed by atoms with Crippen LogP contribution in [-0.2, 0) is 0 Å². The molecule has 0 fully saturated rings. The second kappa shape index (κ2) is 6.96. The Hall–Kier alpha value is -3.64. The Morgan fingerprint density at radius 3 is 2.48 bits per heavy atom. The quantitative estimate of drug-likeness (QED) is 0.447. The first-order valence-electron chi connectivity index (χ1n) is 9.86. The summed E-state index contributed by atoms with van der Waals surface area (Å²) in [5.41, 5.74) is 4.71. The second-order valence-electron chi connectivity index (χ2n) is 7.48. The monoisotopic (exact) mass is 430 g/mol. The Balaban J connectivity index is 1.62. The van der Waals surface area contributed by atoms with E-state index in [4.69, 9.17) is 16.3 Å². The minimum atomic E-state index is -0.387. The fourth-order valence-electron chi connectivity index (χ4n) is 4.30. The van der Waals surface area contributed by atoms with Crippen LogP contribution in [0.25, 0.3) is 5.70 Å². The van der Waals surface area contributed by atoms with Crippen molar-refractivity contribution in [1.82, 2.24) is 14.8 Å². The molecule has 31 heavy (non-hydrogen) atoms. The first-order valence-corrected chi connectivity index (χ1v) is 10.2. The van der Waals surface area contributed by atoms with E-state index in [0.29, 0.717) is 11.0 Å². The van der Waals surface area contributed by atoms with Gasteiger partial charge in [-0.2, -0.15) is 10.1 Å². The van der Waals surface area contributed by atoms with Crippen LogP contribution in [0, 0.1) is 5.82 Å². The van der Waals surface area contributed by atoms with Gasteiger partial charge in [-0.15, -0.1) is 0 Å². The van der Waals surface area contributed by atoms with Crippen molar-refractivity contribution < 1.29 is 9.13 Å². The average Bonchev–Trinajstić information content (AvgIpc) is 3.27. The molecule has 0 saturated carbocycles. The Morgan fingerprint density at radius 1 is 0.935 bits per heavy atom. The van der Waals surface area contributed by atoms with E-state index >= 15 is 0 Å². The zero-order valence-electron chi connectivity index (χ0n) is 16.2. The van der Waals surface area contributed by atoms with Gasteiger partial charge in [0.2, 0.25) is 5.95 Å². The summed E-state index contributed by atoms with van der Waals surface area (Å²) in [7, 11) is 0. The van der Waals surface area contributed by atoms with Crippen LogP contribution in [0.5, 0.6) is 5.75 Å². The number of halogens is 2. The van der Waals surface area contributed by atoms with Gasteiger partial charge < -0.3 is 10.1 Å². The third kappa shape index (κ3) is 2.91. The first-order chi connectivity index (χ1) is 15.2. The molecule has 152 valence electrons. The van der Waals surface area contributed by atoms with Gasteiger partial charge in [0.15, 0.2) is 0 Å². The van der Waals surface area contributed by atoms with E-state index in [-0.39, 0.29) is 18.0 Å². The maximum absolute atomic E-state index is 13.7. The van der Waals surface area contributed by atoms with Crippen molar-refractivity contribution in [2.45, 2.75) is 12.1 Å². The molecule has 4 aromatic rings. The zero-order chi connectivity index (χ0) is 20.9. The summed E-state index contributed by atoms with van der Waals surface area (Å²) in [5, 5.41) is 8.57. The highest BCUT2D eigenvalue weighted by Crippen LogP contribution is 2.50. The molecule has 0 aliphatic carbocycles. The van der Waals surface area contributed by atoms with E-state index in [1.54, 1.807) is 12.1 Å². The summed E-state index contributed by atoms with van der Waals surface area (Å²) < 4.78 is 22.0. The van der Waals surface area contributed by atoms with Crippen LogP contribution in [0.3, 0.4) is 0 Å².